The molecule has 0 aromatic carbocycles. The van der Waals surface area contributed by atoms with Gasteiger partial charge in [0.2, 0.25) is 11.9 Å². The largest absolute Gasteiger partial charge is 0.450 e. The Morgan fingerprint density at radius 1 is 1.22 bits per heavy atom. The number of rotatable bonds is 6. The van der Waals surface area contributed by atoms with Gasteiger partial charge in [-0.1, -0.05) is 32.1 Å². The van der Waals surface area contributed by atoms with Crippen LogP contribution in [0.1, 0.15) is 52.4 Å². The number of nitrogens with zero attached hydrogens (tertiary/aromatic N) is 2. The second-order valence-electron chi connectivity index (χ2n) is 8.62. The molecule has 180 valence electrons. The molecule has 2 N–H and O–H groups in total. The average Bonchev–Trinajstić information content (AvgIpc) is 3.11. The molecule has 3 atom stereocenters. The predicted octanol–water partition coefficient (Wildman–Crippen LogP) is 1.23. The number of Topliss-reactive ketones (excluding diaryl/α,β-unsaturated/α-hetero) is 1. The Morgan fingerprint density at radius 2 is 1.94 bits per heavy atom. The molecule has 1 saturated carbocycles. The topological polar surface area (TPSA) is 119 Å². The van der Waals surface area contributed by atoms with Crippen LogP contribution in [0, 0.1) is 5.92 Å². The Kier molecular flexibility index (Phi) is 9.28. The fourth-order valence-corrected chi connectivity index (χ4v) is 4.44. The number of hydrogen-bond acceptors (Lipinski definition) is 7. The van der Waals surface area contributed by atoms with Gasteiger partial charge in [-0.15, -0.1) is 0 Å². The number of carbonyl (C=O) groups excluding carboxylic acids is 3. The van der Waals surface area contributed by atoms with Crippen molar-refractivity contribution < 1.29 is 28.6 Å². The monoisotopic (exact) mass is 452 g/mol. The molecule has 3 fully saturated rings. The van der Waals surface area contributed by atoms with Crippen LogP contribution in [-0.4, -0.2) is 86.3 Å². The maximum Gasteiger partial charge on any atom is 0.413 e. The molecule has 2 aliphatic heterocycles. The number of ether oxygens (including phenoxy) is 3. The zero-order valence-electron chi connectivity index (χ0n) is 19.1. The van der Waals surface area contributed by atoms with E-state index in [0.29, 0.717) is 44.6 Å². The van der Waals surface area contributed by atoms with Crippen LogP contribution < -0.4 is 10.6 Å². The first-order valence-electron chi connectivity index (χ1n) is 11.8. The molecule has 0 aromatic heterocycles. The summed E-state index contributed by atoms with van der Waals surface area (Å²) in [6.07, 6.45) is 5.20. The number of alkyl carbamates (subject to hydrolysis) is 1. The van der Waals surface area contributed by atoms with E-state index in [-0.39, 0.29) is 31.0 Å². The number of amides is 2. The molecule has 2 heterocycles. The lowest BCUT2D eigenvalue weighted by Gasteiger charge is -2.31. The van der Waals surface area contributed by atoms with Gasteiger partial charge in [0.1, 0.15) is 18.7 Å². The lowest BCUT2D eigenvalue weighted by Crippen LogP contribution is -2.52. The summed E-state index contributed by atoms with van der Waals surface area (Å²) in [5, 5.41) is 5.56. The molecule has 2 saturated heterocycles. The van der Waals surface area contributed by atoms with Crippen molar-refractivity contribution in [2.45, 2.75) is 70.6 Å². The number of ketones is 1. The highest BCUT2D eigenvalue weighted by Crippen LogP contribution is 2.28. The molecule has 2 amide bonds. The third kappa shape index (κ3) is 6.90. The second kappa shape index (κ2) is 12.2. The third-order valence-electron chi connectivity index (χ3n) is 6.26. The van der Waals surface area contributed by atoms with Gasteiger partial charge >= 0.3 is 6.09 Å². The first kappa shape index (κ1) is 24.4. The zero-order chi connectivity index (χ0) is 22.9. The van der Waals surface area contributed by atoms with E-state index in [1.54, 1.807) is 13.8 Å². The molecule has 3 rings (SSSR count). The van der Waals surface area contributed by atoms with Crippen molar-refractivity contribution in [3.8, 4) is 0 Å². The highest BCUT2D eigenvalue weighted by molar-refractivity contribution is 5.97. The summed E-state index contributed by atoms with van der Waals surface area (Å²) < 4.78 is 15.8. The normalized spacial score (nSPS) is 26.0. The summed E-state index contributed by atoms with van der Waals surface area (Å²) in [5.41, 5.74) is 0. The Morgan fingerprint density at radius 3 is 2.56 bits per heavy atom. The van der Waals surface area contributed by atoms with Crippen molar-refractivity contribution in [1.29, 1.82) is 0 Å². The summed E-state index contributed by atoms with van der Waals surface area (Å²) in [4.78, 5) is 44.2. The lowest BCUT2D eigenvalue weighted by atomic mass is 9.84. The lowest BCUT2D eigenvalue weighted by molar-refractivity contribution is -0.127. The quantitative estimate of drug-likeness (QED) is 0.460. The van der Waals surface area contributed by atoms with Crippen LogP contribution in [-0.2, 0) is 23.8 Å². The van der Waals surface area contributed by atoms with E-state index in [2.05, 4.69) is 10.6 Å². The minimum Gasteiger partial charge on any atom is -0.450 e. The SMILES string of the molecule is CCOC(=O)NC(=NC(CC1CCCCC1)C(=O)NC1C(=O)COC1C)N1CCOCC1. The van der Waals surface area contributed by atoms with E-state index in [1.807, 2.05) is 4.90 Å². The Bertz CT molecular complexity index is 688. The average molecular weight is 453 g/mol. The number of carbonyl (C=O) groups is 3. The van der Waals surface area contributed by atoms with Crippen molar-refractivity contribution >= 4 is 23.7 Å². The van der Waals surface area contributed by atoms with Gasteiger partial charge in [-0.05, 0) is 26.2 Å². The Hall–Kier alpha value is -2.20. The van der Waals surface area contributed by atoms with E-state index in [1.165, 1.54) is 6.42 Å². The van der Waals surface area contributed by atoms with E-state index in [4.69, 9.17) is 19.2 Å². The minimum absolute atomic E-state index is 0.00607. The summed E-state index contributed by atoms with van der Waals surface area (Å²) in [7, 11) is 0. The maximum absolute atomic E-state index is 13.3. The molecule has 3 unspecified atom stereocenters. The van der Waals surface area contributed by atoms with Crippen molar-refractivity contribution in [2.75, 3.05) is 39.5 Å². The van der Waals surface area contributed by atoms with Gasteiger partial charge in [-0.2, -0.15) is 0 Å². The van der Waals surface area contributed by atoms with Gasteiger partial charge in [-0.3, -0.25) is 14.9 Å². The summed E-state index contributed by atoms with van der Waals surface area (Å²) in [6, 6.07) is -1.39. The van der Waals surface area contributed by atoms with E-state index in [9.17, 15) is 14.4 Å². The van der Waals surface area contributed by atoms with Gasteiger partial charge in [0.25, 0.3) is 0 Å². The summed E-state index contributed by atoms with van der Waals surface area (Å²) >= 11 is 0. The first-order chi connectivity index (χ1) is 15.5. The second-order valence-corrected chi connectivity index (χ2v) is 8.62. The van der Waals surface area contributed by atoms with Crippen LogP contribution in [0.25, 0.3) is 0 Å². The van der Waals surface area contributed by atoms with Gasteiger partial charge in [0.15, 0.2) is 5.78 Å². The van der Waals surface area contributed by atoms with Gasteiger partial charge in [-0.25, -0.2) is 9.79 Å². The molecule has 3 aliphatic rings. The molecule has 0 aromatic rings. The molecule has 10 heteroatoms. The Balaban J connectivity index is 1.81. The first-order valence-corrected chi connectivity index (χ1v) is 11.8. The van der Waals surface area contributed by atoms with Crippen LogP contribution in [0.15, 0.2) is 4.99 Å². The number of guanidine groups is 1. The number of aliphatic imine (C=N–C) groups is 1. The van der Waals surface area contributed by atoms with Crippen LogP contribution in [0.2, 0.25) is 0 Å². The molecule has 0 radical (unpaired) electrons. The smallest absolute Gasteiger partial charge is 0.413 e. The van der Waals surface area contributed by atoms with Gasteiger partial charge in [0, 0.05) is 13.1 Å². The van der Waals surface area contributed by atoms with Crippen molar-refractivity contribution in [2.24, 2.45) is 10.9 Å². The van der Waals surface area contributed by atoms with Crippen LogP contribution in [0.4, 0.5) is 4.79 Å². The molecule has 0 spiro atoms. The molecule has 1 aliphatic carbocycles. The van der Waals surface area contributed by atoms with E-state index in [0.717, 1.165) is 25.7 Å². The number of morpholine rings is 1. The van der Waals surface area contributed by atoms with E-state index < -0.39 is 18.2 Å². The highest BCUT2D eigenvalue weighted by Gasteiger charge is 2.36. The predicted molar refractivity (Wildman–Crippen MR) is 117 cm³/mol. The maximum atomic E-state index is 13.3. The fourth-order valence-electron chi connectivity index (χ4n) is 4.44. The van der Waals surface area contributed by atoms with Gasteiger partial charge in [0.05, 0.1) is 25.9 Å². The molecule has 10 nitrogen and oxygen atoms in total. The van der Waals surface area contributed by atoms with Crippen LogP contribution in [0.3, 0.4) is 0 Å². The Labute approximate surface area is 189 Å². The number of hydrogen-bond donors (Lipinski definition) is 2. The summed E-state index contributed by atoms with van der Waals surface area (Å²) in [5.74, 6) is 0.237. The minimum atomic E-state index is -0.724. The number of nitrogens with one attached hydrogen (secondary N) is 2. The molecule has 0 bridgehead atoms. The van der Waals surface area contributed by atoms with Crippen molar-refractivity contribution in [3.63, 3.8) is 0 Å². The van der Waals surface area contributed by atoms with Crippen LogP contribution in [0.5, 0.6) is 0 Å². The highest BCUT2D eigenvalue weighted by atomic mass is 16.5. The van der Waals surface area contributed by atoms with Crippen LogP contribution >= 0.6 is 0 Å². The van der Waals surface area contributed by atoms with Gasteiger partial charge < -0.3 is 24.4 Å². The zero-order valence-corrected chi connectivity index (χ0v) is 19.1. The summed E-state index contributed by atoms with van der Waals surface area (Å²) in [6.45, 7) is 5.86. The van der Waals surface area contributed by atoms with E-state index >= 15 is 0 Å². The molecular formula is C22H36N4O6. The van der Waals surface area contributed by atoms with Crippen molar-refractivity contribution in [1.82, 2.24) is 15.5 Å². The fraction of sp³-hybridized carbons (Fsp3) is 0.818. The van der Waals surface area contributed by atoms with Crippen molar-refractivity contribution in [3.05, 3.63) is 0 Å². The standard InChI is InChI=1S/C22H36N4O6/c1-3-31-22(29)25-21(26-9-11-30-12-10-26)23-17(13-16-7-5-4-6-8-16)20(28)24-19-15(2)32-14-18(19)27/h15-17,19H,3-14H2,1-2H3,(H,24,28)(H,23,25,29). The molecule has 32 heavy (non-hydrogen) atoms. The third-order valence-corrected chi connectivity index (χ3v) is 6.26. The molecular weight excluding hydrogens is 416 g/mol.